The van der Waals surface area contributed by atoms with Crippen LogP contribution in [0.5, 0.6) is 0 Å². The highest BCUT2D eigenvalue weighted by Crippen LogP contribution is 2.21. The Bertz CT molecular complexity index is 518. The van der Waals surface area contributed by atoms with Crippen molar-refractivity contribution in [3.05, 3.63) is 64.2 Å². The number of halogens is 3. The molecule has 0 atom stereocenters. The molecule has 0 bridgehead atoms. The van der Waals surface area contributed by atoms with Crippen molar-refractivity contribution in [3.8, 4) is 0 Å². The molecule has 1 N–H and O–H groups in total. The lowest BCUT2D eigenvalue weighted by molar-refractivity contribution is 0.587. The minimum absolute atomic E-state index is 0.213. The van der Waals surface area contributed by atoms with Crippen LogP contribution in [-0.4, -0.2) is 0 Å². The zero-order chi connectivity index (χ0) is 13.1. The van der Waals surface area contributed by atoms with Crippen molar-refractivity contribution in [1.29, 1.82) is 0 Å². The monoisotopic (exact) mass is 267 g/mol. The molecular formula is C14H12ClF2N. The van der Waals surface area contributed by atoms with E-state index in [0.717, 1.165) is 23.4 Å². The van der Waals surface area contributed by atoms with Crippen LogP contribution < -0.4 is 5.32 Å². The normalized spacial score (nSPS) is 10.4. The summed E-state index contributed by atoms with van der Waals surface area (Å²) in [5.74, 6) is -0.875. The number of hydrogen-bond acceptors (Lipinski definition) is 1. The van der Waals surface area contributed by atoms with E-state index in [9.17, 15) is 8.78 Å². The van der Waals surface area contributed by atoms with Gasteiger partial charge in [0.25, 0.3) is 0 Å². The molecule has 0 fully saturated rings. The minimum Gasteiger partial charge on any atom is -0.381 e. The molecule has 0 aromatic heterocycles. The van der Waals surface area contributed by atoms with Crippen molar-refractivity contribution in [1.82, 2.24) is 0 Å². The highest BCUT2D eigenvalue weighted by atomic mass is 35.5. The highest BCUT2D eigenvalue weighted by molar-refractivity contribution is 6.30. The van der Waals surface area contributed by atoms with E-state index in [0.29, 0.717) is 5.02 Å². The Labute approximate surface area is 109 Å². The van der Waals surface area contributed by atoms with Crippen molar-refractivity contribution >= 4 is 17.3 Å². The van der Waals surface area contributed by atoms with Gasteiger partial charge in [0.15, 0.2) is 0 Å². The molecule has 0 spiro atoms. The summed E-state index contributed by atoms with van der Waals surface area (Å²) < 4.78 is 26.4. The zero-order valence-corrected chi connectivity index (χ0v) is 10.6. The summed E-state index contributed by atoms with van der Waals surface area (Å²) in [6, 6.07) is 8.81. The SMILES string of the molecule is Cc1ccc(Cl)cc1NCc1cc(F)ccc1F. The molecule has 0 saturated heterocycles. The maximum absolute atomic E-state index is 13.4. The van der Waals surface area contributed by atoms with Crippen LogP contribution in [0.4, 0.5) is 14.5 Å². The van der Waals surface area contributed by atoms with Gasteiger partial charge < -0.3 is 5.32 Å². The molecule has 4 heteroatoms. The van der Waals surface area contributed by atoms with Crippen LogP contribution in [0.3, 0.4) is 0 Å². The number of nitrogens with one attached hydrogen (secondary N) is 1. The Morgan fingerprint density at radius 2 is 1.89 bits per heavy atom. The predicted octanol–water partition coefficient (Wildman–Crippen LogP) is 4.54. The molecule has 0 saturated carbocycles. The molecule has 0 aliphatic rings. The van der Waals surface area contributed by atoms with Gasteiger partial charge >= 0.3 is 0 Å². The second kappa shape index (κ2) is 5.36. The first-order valence-corrected chi connectivity index (χ1v) is 5.88. The van der Waals surface area contributed by atoms with E-state index in [2.05, 4.69) is 5.32 Å². The molecule has 0 aliphatic heterocycles. The van der Waals surface area contributed by atoms with E-state index in [-0.39, 0.29) is 12.1 Å². The first-order valence-electron chi connectivity index (χ1n) is 5.50. The van der Waals surface area contributed by atoms with Crippen molar-refractivity contribution in [3.63, 3.8) is 0 Å². The van der Waals surface area contributed by atoms with Gasteiger partial charge in [0.1, 0.15) is 11.6 Å². The summed E-state index contributed by atoms with van der Waals surface area (Å²) in [6.07, 6.45) is 0. The Kier molecular flexibility index (Phi) is 3.82. The van der Waals surface area contributed by atoms with Crippen molar-refractivity contribution in [2.45, 2.75) is 13.5 Å². The van der Waals surface area contributed by atoms with E-state index in [1.807, 2.05) is 13.0 Å². The van der Waals surface area contributed by atoms with Crippen LogP contribution in [-0.2, 0) is 6.54 Å². The lowest BCUT2D eigenvalue weighted by atomic mass is 10.1. The highest BCUT2D eigenvalue weighted by Gasteiger charge is 2.05. The van der Waals surface area contributed by atoms with E-state index < -0.39 is 11.6 Å². The molecule has 18 heavy (non-hydrogen) atoms. The van der Waals surface area contributed by atoms with Gasteiger partial charge in [-0.3, -0.25) is 0 Å². The number of anilines is 1. The van der Waals surface area contributed by atoms with E-state index in [1.54, 1.807) is 12.1 Å². The maximum Gasteiger partial charge on any atom is 0.128 e. The smallest absolute Gasteiger partial charge is 0.128 e. The van der Waals surface area contributed by atoms with Crippen LogP contribution in [0.2, 0.25) is 5.02 Å². The van der Waals surface area contributed by atoms with Crippen molar-refractivity contribution < 1.29 is 8.78 Å². The number of benzene rings is 2. The summed E-state index contributed by atoms with van der Waals surface area (Å²) >= 11 is 5.88. The van der Waals surface area contributed by atoms with E-state index in [4.69, 9.17) is 11.6 Å². The summed E-state index contributed by atoms with van der Waals surface area (Å²) in [6.45, 7) is 2.13. The minimum atomic E-state index is -0.448. The van der Waals surface area contributed by atoms with Crippen LogP contribution in [0.15, 0.2) is 36.4 Å². The zero-order valence-electron chi connectivity index (χ0n) is 9.81. The molecule has 94 valence electrons. The molecule has 0 radical (unpaired) electrons. The maximum atomic E-state index is 13.4. The van der Waals surface area contributed by atoms with E-state index in [1.165, 1.54) is 6.07 Å². The first-order chi connectivity index (χ1) is 8.56. The lowest BCUT2D eigenvalue weighted by Crippen LogP contribution is -2.03. The fraction of sp³-hybridized carbons (Fsp3) is 0.143. The molecule has 0 aliphatic carbocycles. The largest absolute Gasteiger partial charge is 0.381 e. The average molecular weight is 268 g/mol. The molecule has 0 unspecified atom stereocenters. The number of aryl methyl sites for hydroxylation is 1. The fourth-order valence-corrected chi connectivity index (χ4v) is 1.83. The predicted molar refractivity (Wildman–Crippen MR) is 69.9 cm³/mol. The van der Waals surface area contributed by atoms with Crippen molar-refractivity contribution in [2.75, 3.05) is 5.32 Å². The summed E-state index contributed by atoms with van der Waals surface area (Å²) in [5, 5.41) is 3.65. The van der Waals surface area contributed by atoms with Crippen LogP contribution in [0.25, 0.3) is 0 Å². The molecular weight excluding hydrogens is 256 g/mol. The van der Waals surface area contributed by atoms with Gasteiger partial charge in [-0.05, 0) is 42.8 Å². The van der Waals surface area contributed by atoms with Crippen LogP contribution in [0, 0.1) is 18.6 Å². The van der Waals surface area contributed by atoms with Crippen molar-refractivity contribution in [2.24, 2.45) is 0 Å². The lowest BCUT2D eigenvalue weighted by Gasteiger charge is -2.10. The molecule has 2 rings (SSSR count). The van der Waals surface area contributed by atoms with Crippen LogP contribution >= 0.6 is 11.6 Å². The summed E-state index contributed by atoms with van der Waals surface area (Å²) in [4.78, 5) is 0. The third kappa shape index (κ3) is 2.99. The molecule has 2 aromatic carbocycles. The quantitative estimate of drug-likeness (QED) is 0.861. The Balaban J connectivity index is 2.16. The molecule has 1 nitrogen and oxygen atoms in total. The standard InChI is InChI=1S/C14H12ClF2N/c1-9-2-3-11(15)7-14(9)18-8-10-6-12(16)4-5-13(10)17/h2-7,18H,8H2,1H3. The fourth-order valence-electron chi connectivity index (χ4n) is 1.65. The van der Waals surface area contributed by atoms with E-state index >= 15 is 0 Å². The molecule has 0 heterocycles. The van der Waals surface area contributed by atoms with Gasteiger partial charge in [0.05, 0.1) is 0 Å². The second-order valence-corrected chi connectivity index (χ2v) is 4.48. The van der Waals surface area contributed by atoms with Gasteiger partial charge in [-0.2, -0.15) is 0 Å². The van der Waals surface area contributed by atoms with Gasteiger partial charge in [0, 0.05) is 22.8 Å². The third-order valence-corrected chi connectivity index (χ3v) is 2.91. The number of hydrogen-bond donors (Lipinski definition) is 1. The first kappa shape index (κ1) is 12.8. The van der Waals surface area contributed by atoms with Gasteiger partial charge in [-0.1, -0.05) is 17.7 Å². The Hall–Kier alpha value is -1.61. The Morgan fingerprint density at radius 3 is 2.67 bits per heavy atom. The van der Waals surface area contributed by atoms with Gasteiger partial charge in [-0.25, -0.2) is 8.78 Å². The molecule has 0 amide bonds. The topological polar surface area (TPSA) is 12.0 Å². The average Bonchev–Trinajstić information content (AvgIpc) is 2.34. The second-order valence-electron chi connectivity index (χ2n) is 4.05. The van der Waals surface area contributed by atoms with Gasteiger partial charge in [-0.15, -0.1) is 0 Å². The summed E-state index contributed by atoms with van der Waals surface area (Å²) in [5.41, 5.74) is 2.09. The van der Waals surface area contributed by atoms with Crippen LogP contribution in [0.1, 0.15) is 11.1 Å². The summed E-state index contributed by atoms with van der Waals surface area (Å²) in [7, 11) is 0. The molecule has 2 aromatic rings. The van der Waals surface area contributed by atoms with Gasteiger partial charge in [0.2, 0.25) is 0 Å². The number of rotatable bonds is 3. The third-order valence-electron chi connectivity index (χ3n) is 2.68. The Morgan fingerprint density at radius 1 is 1.11 bits per heavy atom.